The zero-order chi connectivity index (χ0) is 16.4. The highest BCUT2D eigenvalue weighted by Gasteiger charge is 2.13. The van der Waals surface area contributed by atoms with Crippen LogP contribution in [0.25, 0.3) is 22.4 Å². The van der Waals surface area contributed by atoms with E-state index in [4.69, 9.17) is 4.98 Å². The van der Waals surface area contributed by atoms with Crippen molar-refractivity contribution in [3.8, 4) is 11.4 Å². The van der Waals surface area contributed by atoms with E-state index in [1.807, 2.05) is 66.7 Å². The molecule has 24 heavy (non-hydrogen) atoms. The van der Waals surface area contributed by atoms with Crippen molar-refractivity contribution in [3.63, 3.8) is 0 Å². The molecule has 0 aliphatic heterocycles. The van der Waals surface area contributed by atoms with Gasteiger partial charge in [0.2, 0.25) is 0 Å². The number of hydrogen-bond acceptors (Lipinski definition) is 3. The summed E-state index contributed by atoms with van der Waals surface area (Å²) in [5, 5.41) is 0. The molecule has 0 saturated heterocycles. The lowest BCUT2D eigenvalue weighted by Crippen LogP contribution is -2.24. The maximum Gasteiger partial charge on any atom is 0.280 e. The van der Waals surface area contributed by atoms with Gasteiger partial charge in [-0.3, -0.25) is 9.36 Å². The molecule has 0 unspecified atom stereocenters. The Morgan fingerprint density at radius 2 is 1.54 bits per heavy atom. The van der Waals surface area contributed by atoms with E-state index in [2.05, 4.69) is 4.98 Å². The van der Waals surface area contributed by atoms with Crippen molar-refractivity contribution < 1.29 is 0 Å². The zero-order valence-electron chi connectivity index (χ0n) is 13.0. The average Bonchev–Trinajstić information content (AvgIpc) is 2.65. The van der Waals surface area contributed by atoms with Crippen LogP contribution in [0.2, 0.25) is 0 Å². The smallest absolute Gasteiger partial charge is 0.280 e. The summed E-state index contributed by atoms with van der Waals surface area (Å²) in [6.07, 6.45) is 1.63. The van der Waals surface area contributed by atoms with Crippen molar-refractivity contribution in [1.29, 1.82) is 0 Å². The van der Waals surface area contributed by atoms with E-state index < -0.39 is 0 Å². The fourth-order valence-electron chi connectivity index (χ4n) is 2.77. The molecule has 0 N–H and O–H groups in total. The number of nitrogens with zero attached hydrogens (tertiary/aromatic N) is 3. The van der Waals surface area contributed by atoms with E-state index in [-0.39, 0.29) is 5.56 Å². The first-order chi connectivity index (χ1) is 11.8. The normalized spacial score (nSPS) is 10.8. The summed E-state index contributed by atoms with van der Waals surface area (Å²) in [6.45, 7) is 0.462. The molecule has 4 rings (SSSR count). The van der Waals surface area contributed by atoms with Gasteiger partial charge in [0.15, 0.2) is 5.52 Å². The molecule has 2 aromatic carbocycles. The predicted molar refractivity (Wildman–Crippen MR) is 94.8 cm³/mol. The van der Waals surface area contributed by atoms with Gasteiger partial charge in [0, 0.05) is 11.8 Å². The second-order valence-corrected chi connectivity index (χ2v) is 5.55. The minimum atomic E-state index is -0.122. The second kappa shape index (κ2) is 6.08. The van der Waals surface area contributed by atoms with Crippen LogP contribution >= 0.6 is 0 Å². The van der Waals surface area contributed by atoms with Gasteiger partial charge in [0.25, 0.3) is 5.56 Å². The molecule has 0 radical (unpaired) electrons. The Morgan fingerprint density at radius 3 is 2.29 bits per heavy atom. The molecule has 4 aromatic rings. The monoisotopic (exact) mass is 313 g/mol. The summed E-state index contributed by atoms with van der Waals surface area (Å²) in [4.78, 5) is 21.9. The number of aromatic nitrogens is 3. The largest absolute Gasteiger partial charge is 0.286 e. The number of rotatable bonds is 3. The molecule has 4 heteroatoms. The van der Waals surface area contributed by atoms with Crippen molar-refractivity contribution in [2.24, 2.45) is 0 Å². The minimum absolute atomic E-state index is 0.122. The minimum Gasteiger partial charge on any atom is -0.286 e. The van der Waals surface area contributed by atoms with Crippen molar-refractivity contribution in [3.05, 3.63) is 94.9 Å². The van der Waals surface area contributed by atoms with Crippen LogP contribution in [0.15, 0.2) is 83.8 Å². The summed E-state index contributed by atoms with van der Waals surface area (Å²) >= 11 is 0. The number of hydrogen-bond donors (Lipinski definition) is 0. The molecule has 0 spiro atoms. The maximum atomic E-state index is 13.0. The Kier molecular flexibility index (Phi) is 3.63. The number of benzene rings is 2. The van der Waals surface area contributed by atoms with E-state index in [1.165, 1.54) is 0 Å². The van der Waals surface area contributed by atoms with Crippen molar-refractivity contribution in [1.82, 2.24) is 14.5 Å². The Hall–Kier alpha value is -3.27. The lowest BCUT2D eigenvalue weighted by Gasteiger charge is -2.13. The third-order valence-corrected chi connectivity index (χ3v) is 3.93. The highest BCUT2D eigenvalue weighted by atomic mass is 16.1. The molecule has 0 aliphatic rings. The third-order valence-electron chi connectivity index (χ3n) is 3.93. The number of pyridine rings is 1. The molecule has 0 saturated carbocycles. The van der Waals surface area contributed by atoms with Gasteiger partial charge in [-0.25, -0.2) is 9.97 Å². The summed E-state index contributed by atoms with van der Waals surface area (Å²) in [5.41, 5.74) is 2.85. The van der Waals surface area contributed by atoms with Gasteiger partial charge in [-0.2, -0.15) is 0 Å². The molecule has 0 amide bonds. The van der Waals surface area contributed by atoms with E-state index in [0.29, 0.717) is 23.4 Å². The summed E-state index contributed by atoms with van der Waals surface area (Å²) in [5.74, 6) is 0.657. The highest BCUT2D eigenvalue weighted by molar-refractivity contribution is 5.75. The number of fused-ring (bicyclic) bond motifs is 1. The average molecular weight is 313 g/mol. The molecule has 0 fully saturated rings. The summed E-state index contributed by atoms with van der Waals surface area (Å²) in [6, 6.07) is 23.3. The van der Waals surface area contributed by atoms with Crippen LogP contribution in [0.5, 0.6) is 0 Å². The second-order valence-electron chi connectivity index (χ2n) is 5.55. The molecule has 0 atom stereocenters. The molecule has 0 aliphatic carbocycles. The predicted octanol–water partition coefficient (Wildman–Crippen LogP) is 3.51. The van der Waals surface area contributed by atoms with E-state index in [9.17, 15) is 4.79 Å². The van der Waals surface area contributed by atoms with Gasteiger partial charge >= 0.3 is 0 Å². The zero-order valence-corrected chi connectivity index (χ0v) is 13.0. The topological polar surface area (TPSA) is 47.8 Å². The lowest BCUT2D eigenvalue weighted by atomic mass is 10.1. The summed E-state index contributed by atoms with van der Waals surface area (Å²) in [7, 11) is 0. The lowest BCUT2D eigenvalue weighted by molar-refractivity contribution is 0.757. The standard InChI is InChI=1S/C20H15N3O/c24-20-18-17(12-7-13-21-18)22-19(16-10-5-2-6-11-16)23(20)14-15-8-3-1-4-9-15/h1-13H,14H2. The van der Waals surface area contributed by atoms with Crippen LogP contribution in [-0.2, 0) is 6.54 Å². The van der Waals surface area contributed by atoms with E-state index in [0.717, 1.165) is 11.1 Å². The fourth-order valence-corrected chi connectivity index (χ4v) is 2.77. The molecule has 4 nitrogen and oxygen atoms in total. The van der Waals surface area contributed by atoms with Gasteiger partial charge in [0.1, 0.15) is 5.82 Å². The first kappa shape index (κ1) is 14.3. The van der Waals surface area contributed by atoms with Gasteiger partial charge in [-0.1, -0.05) is 60.7 Å². The SMILES string of the molecule is O=c1c2ncccc2nc(-c2ccccc2)n1Cc1ccccc1. The maximum absolute atomic E-state index is 13.0. The van der Waals surface area contributed by atoms with Crippen LogP contribution in [-0.4, -0.2) is 14.5 Å². The van der Waals surface area contributed by atoms with Crippen molar-refractivity contribution in [2.75, 3.05) is 0 Å². The Labute approximate surface area is 139 Å². The van der Waals surface area contributed by atoms with Crippen LogP contribution in [0.1, 0.15) is 5.56 Å². The molecular formula is C20H15N3O. The molecule has 0 bridgehead atoms. The third kappa shape index (κ3) is 2.58. The van der Waals surface area contributed by atoms with Crippen LogP contribution in [0.3, 0.4) is 0 Å². The highest BCUT2D eigenvalue weighted by Crippen LogP contribution is 2.18. The van der Waals surface area contributed by atoms with Gasteiger partial charge in [0.05, 0.1) is 12.1 Å². The van der Waals surface area contributed by atoms with Crippen molar-refractivity contribution >= 4 is 11.0 Å². The Balaban J connectivity index is 1.98. The Morgan fingerprint density at radius 1 is 0.833 bits per heavy atom. The Bertz CT molecular complexity index is 1040. The first-order valence-corrected chi connectivity index (χ1v) is 7.78. The van der Waals surface area contributed by atoms with Gasteiger partial charge in [-0.05, 0) is 17.7 Å². The quantitative estimate of drug-likeness (QED) is 0.581. The van der Waals surface area contributed by atoms with E-state index >= 15 is 0 Å². The van der Waals surface area contributed by atoms with Gasteiger partial charge < -0.3 is 0 Å². The molecular weight excluding hydrogens is 298 g/mol. The van der Waals surface area contributed by atoms with E-state index in [1.54, 1.807) is 16.8 Å². The van der Waals surface area contributed by atoms with Crippen molar-refractivity contribution in [2.45, 2.75) is 6.54 Å². The molecule has 2 aromatic heterocycles. The fraction of sp³-hybridized carbons (Fsp3) is 0.0500. The van der Waals surface area contributed by atoms with Crippen LogP contribution in [0, 0.1) is 0 Å². The first-order valence-electron chi connectivity index (χ1n) is 7.78. The molecule has 2 heterocycles. The van der Waals surface area contributed by atoms with Gasteiger partial charge in [-0.15, -0.1) is 0 Å². The molecule has 116 valence electrons. The van der Waals surface area contributed by atoms with Crippen LogP contribution in [0.4, 0.5) is 0 Å². The van der Waals surface area contributed by atoms with Crippen LogP contribution < -0.4 is 5.56 Å². The summed E-state index contributed by atoms with van der Waals surface area (Å²) < 4.78 is 1.69.